The van der Waals surface area contributed by atoms with Crippen LogP contribution in [0, 0.1) is 0 Å². The molecule has 0 atom stereocenters. The normalized spacial score (nSPS) is 15.2. The smallest absolute Gasteiger partial charge is 0.0642 e. The minimum atomic E-state index is 0.807. The van der Waals surface area contributed by atoms with Crippen molar-refractivity contribution in [3.63, 3.8) is 0 Å². The van der Waals surface area contributed by atoms with Gasteiger partial charge in [0.2, 0.25) is 0 Å². The molecule has 0 aliphatic carbocycles. The third-order valence-electron chi connectivity index (χ3n) is 4.36. The summed E-state index contributed by atoms with van der Waals surface area (Å²) in [4.78, 5) is 6.95. The molecule has 0 saturated carbocycles. The molecule has 0 N–H and O–H groups in total. The van der Waals surface area contributed by atoms with Gasteiger partial charge in [0.1, 0.15) is 0 Å². The van der Waals surface area contributed by atoms with Gasteiger partial charge >= 0.3 is 0 Å². The number of rotatable bonds is 3. The van der Waals surface area contributed by atoms with Gasteiger partial charge in [-0.2, -0.15) is 0 Å². The van der Waals surface area contributed by atoms with Crippen molar-refractivity contribution in [1.29, 1.82) is 0 Å². The topological polar surface area (TPSA) is 24.8 Å². The average Bonchev–Trinajstić information content (AvgIpc) is 2.67. The van der Waals surface area contributed by atoms with Crippen molar-refractivity contribution in [2.45, 2.75) is 0 Å². The second-order valence-electron chi connectivity index (χ2n) is 5.98. The summed E-state index contributed by atoms with van der Waals surface area (Å²) in [5.74, 6) is 0. The third-order valence-corrected chi connectivity index (χ3v) is 4.36. The molecular formula is C21H20N2O. The van der Waals surface area contributed by atoms with Crippen LogP contribution in [-0.4, -0.2) is 32.5 Å². The maximum Gasteiger partial charge on any atom is 0.0642 e. The fourth-order valence-corrected chi connectivity index (χ4v) is 3.01. The first kappa shape index (κ1) is 14.9. The monoisotopic (exact) mass is 316 g/mol. The lowest BCUT2D eigenvalue weighted by Gasteiger charge is -2.28. The predicted octanol–water partition coefficient (Wildman–Crippen LogP) is 4.43. The van der Waals surface area contributed by atoms with Gasteiger partial charge in [0, 0.05) is 25.0 Å². The Morgan fingerprint density at radius 3 is 2.38 bits per heavy atom. The van der Waals surface area contributed by atoms with Gasteiger partial charge < -0.3 is 9.64 Å². The zero-order chi connectivity index (χ0) is 16.2. The van der Waals surface area contributed by atoms with Crippen molar-refractivity contribution < 1.29 is 4.74 Å². The highest BCUT2D eigenvalue weighted by molar-refractivity contribution is 5.91. The molecule has 1 saturated heterocycles. The highest BCUT2D eigenvalue weighted by atomic mass is 16.5. The van der Waals surface area contributed by atoms with Crippen LogP contribution in [0.3, 0.4) is 0 Å². The summed E-state index contributed by atoms with van der Waals surface area (Å²) < 4.78 is 5.40. The minimum absolute atomic E-state index is 0.807. The fraction of sp³-hybridized carbons (Fsp3) is 0.190. The largest absolute Gasteiger partial charge is 0.378 e. The molecule has 1 fully saturated rings. The summed E-state index contributed by atoms with van der Waals surface area (Å²) in [5, 5.41) is 2.49. The lowest BCUT2D eigenvalue weighted by Crippen LogP contribution is -2.36. The first-order chi connectivity index (χ1) is 11.9. The maximum atomic E-state index is 5.40. The molecule has 0 bridgehead atoms. The molecule has 1 heterocycles. The number of ether oxygens (including phenoxy) is 1. The first-order valence-corrected chi connectivity index (χ1v) is 8.34. The Morgan fingerprint density at radius 2 is 1.58 bits per heavy atom. The minimum Gasteiger partial charge on any atom is -0.378 e. The Hall–Kier alpha value is -2.65. The zero-order valence-corrected chi connectivity index (χ0v) is 13.6. The van der Waals surface area contributed by atoms with E-state index in [0.717, 1.165) is 37.6 Å². The summed E-state index contributed by atoms with van der Waals surface area (Å²) in [6.07, 6.45) is 1.93. The van der Waals surface area contributed by atoms with Gasteiger partial charge in [0.25, 0.3) is 0 Å². The second-order valence-corrected chi connectivity index (χ2v) is 5.98. The Balaban J connectivity index is 1.50. The summed E-state index contributed by atoms with van der Waals surface area (Å²) in [5.41, 5.74) is 3.33. The van der Waals surface area contributed by atoms with E-state index >= 15 is 0 Å². The van der Waals surface area contributed by atoms with E-state index in [1.807, 2.05) is 6.21 Å². The van der Waals surface area contributed by atoms with Crippen molar-refractivity contribution in [3.05, 3.63) is 72.3 Å². The summed E-state index contributed by atoms with van der Waals surface area (Å²) in [6.45, 7) is 3.53. The number of hydrogen-bond donors (Lipinski definition) is 0. The average molecular weight is 316 g/mol. The maximum absolute atomic E-state index is 5.40. The van der Waals surface area contributed by atoms with Gasteiger partial charge in [-0.15, -0.1) is 0 Å². The Bertz CT molecular complexity index is 849. The molecule has 0 radical (unpaired) electrons. The van der Waals surface area contributed by atoms with Crippen LogP contribution in [0.1, 0.15) is 5.56 Å². The number of hydrogen-bond acceptors (Lipinski definition) is 3. The molecule has 3 aromatic rings. The molecule has 1 aliphatic rings. The number of morpholine rings is 1. The van der Waals surface area contributed by atoms with Gasteiger partial charge in [0.15, 0.2) is 0 Å². The lowest BCUT2D eigenvalue weighted by atomic mass is 10.1. The van der Waals surface area contributed by atoms with E-state index < -0.39 is 0 Å². The highest BCUT2D eigenvalue weighted by Gasteiger charge is 2.10. The van der Waals surface area contributed by atoms with Crippen LogP contribution in [0.25, 0.3) is 10.8 Å². The number of benzene rings is 3. The zero-order valence-electron chi connectivity index (χ0n) is 13.6. The molecule has 120 valence electrons. The molecule has 0 spiro atoms. The molecule has 1 aliphatic heterocycles. The van der Waals surface area contributed by atoms with E-state index in [9.17, 15) is 0 Å². The number of anilines is 1. The van der Waals surface area contributed by atoms with Crippen molar-refractivity contribution in [1.82, 2.24) is 0 Å². The van der Waals surface area contributed by atoms with E-state index in [1.165, 1.54) is 16.5 Å². The predicted molar refractivity (Wildman–Crippen MR) is 101 cm³/mol. The van der Waals surface area contributed by atoms with Crippen molar-refractivity contribution >= 4 is 28.4 Å². The van der Waals surface area contributed by atoms with Crippen LogP contribution >= 0.6 is 0 Å². The molecule has 24 heavy (non-hydrogen) atoms. The molecule has 4 rings (SSSR count). The Kier molecular flexibility index (Phi) is 4.26. The van der Waals surface area contributed by atoms with Crippen LogP contribution in [-0.2, 0) is 4.74 Å². The van der Waals surface area contributed by atoms with Gasteiger partial charge in [-0.3, -0.25) is 4.99 Å². The van der Waals surface area contributed by atoms with Gasteiger partial charge in [-0.05, 0) is 46.7 Å². The fourth-order valence-electron chi connectivity index (χ4n) is 3.01. The Morgan fingerprint density at radius 1 is 0.833 bits per heavy atom. The molecule has 3 aromatic carbocycles. The van der Waals surface area contributed by atoms with E-state index in [2.05, 4.69) is 76.6 Å². The van der Waals surface area contributed by atoms with Crippen molar-refractivity contribution in [2.24, 2.45) is 4.99 Å². The number of aliphatic imine (C=N–C) groups is 1. The van der Waals surface area contributed by atoms with Gasteiger partial charge in [0.05, 0.1) is 18.9 Å². The van der Waals surface area contributed by atoms with Crippen LogP contribution in [0.15, 0.2) is 71.7 Å². The van der Waals surface area contributed by atoms with Crippen molar-refractivity contribution in [3.8, 4) is 0 Å². The van der Waals surface area contributed by atoms with E-state index in [1.54, 1.807) is 0 Å². The van der Waals surface area contributed by atoms with E-state index in [0.29, 0.717) is 0 Å². The van der Waals surface area contributed by atoms with Crippen LogP contribution in [0.2, 0.25) is 0 Å². The summed E-state index contributed by atoms with van der Waals surface area (Å²) in [6, 6.07) is 23.2. The molecule has 0 amide bonds. The number of nitrogens with zero attached hydrogens (tertiary/aromatic N) is 2. The first-order valence-electron chi connectivity index (χ1n) is 8.34. The third kappa shape index (κ3) is 3.31. The van der Waals surface area contributed by atoms with E-state index in [4.69, 9.17) is 4.74 Å². The quantitative estimate of drug-likeness (QED) is 0.668. The molecule has 0 aromatic heterocycles. The summed E-state index contributed by atoms with van der Waals surface area (Å²) >= 11 is 0. The van der Waals surface area contributed by atoms with Crippen molar-refractivity contribution in [2.75, 3.05) is 31.2 Å². The highest BCUT2D eigenvalue weighted by Crippen LogP contribution is 2.21. The summed E-state index contributed by atoms with van der Waals surface area (Å²) in [7, 11) is 0. The molecule has 3 nitrogen and oxygen atoms in total. The van der Waals surface area contributed by atoms with Crippen LogP contribution in [0.4, 0.5) is 11.4 Å². The molecule has 3 heteroatoms. The lowest BCUT2D eigenvalue weighted by molar-refractivity contribution is 0.122. The Labute approximate surface area is 142 Å². The van der Waals surface area contributed by atoms with E-state index in [-0.39, 0.29) is 0 Å². The molecule has 0 unspecified atom stereocenters. The second kappa shape index (κ2) is 6.85. The number of fused-ring (bicyclic) bond motifs is 1. The van der Waals surface area contributed by atoms with Crippen LogP contribution < -0.4 is 4.90 Å². The van der Waals surface area contributed by atoms with Crippen LogP contribution in [0.5, 0.6) is 0 Å². The molecular weight excluding hydrogens is 296 g/mol. The van der Waals surface area contributed by atoms with Gasteiger partial charge in [-0.25, -0.2) is 0 Å². The van der Waals surface area contributed by atoms with Gasteiger partial charge in [-0.1, -0.05) is 36.4 Å². The SMILES string of the molecule is C(=Nc1ccc(N2CCOCC2)cc1)c1ccc2ccccc2c1. The standard InChI is InChI=1S/C21H20N2O/c1-2-4-19-15-17(5-6-18(19)3-1)16-22-20-7-9-21(10-8-20)23-11-13-24-14-12-23/h1-10,15-16H,11-14H2.